The first-order valence-corrected chi connectivity index (χ1v) is 13.3. The molecule has 1 amide bonds. The Hall–Kier alpha value is -1.84. The number of alkyl halides is 3. The number of piperidine rings is 1. The van der Waals surface area contributed by atoms with Crippen LogP contribution >= 0.6 is 23.2 Å². The molecule has 2 aromatic rings. The molecule has 2 N–H and O–H groups in total. The van der Waals surface area contributed by atoms with Crippen LogP contribution in [-0.4, -0.2) is 68.7 Å². The molecule has 2 heterocycles. The maximum atomic E-state index is 13.2. The van der Waals surface area contributed by atoms with Crippen LogP contribution in [0.4, 0.5) is 13.2 Å². The fraction of sp³-hybridized carbons (Fsp3) is 0.519. The number of nitrogens with zero attached hydrogens (tertiary/aromatic N) is 2. The summed E-state index contributed by atoms with van der Waals surface area (Å²) in [5.41, 5.74) is 2.49. The molecule has 1 saturated heterocycles. The van der Waals surface area contributed by atoms with Crippen molar-refractivity contribution >= 4 is 29.1 Å². The first kappa shape index (κ1) is 28.2. The molecule has 1 unspecified atom stereocenters. The fourth-order valence-corrected chi connectivity index (χ4v) is 6.14. The Morgan fingerprint density at radius 3 is 2.49 bits per heavy atom. The zero-order chi connectivity index (χ0) is 26.8. The molecule has 0 aromatic heterocycles. The molecule has 37 heavy (non-hydrogen) atoms. The predicted octanol–water partition coefficient (Wildman–Crippen LogP) is 4.96. The van der Waals surface area contributed by atoms with Gasteiger partial charge in [0.2, 0.25) is 0 Å². The summed E-state index contributed by atoms with van der Waals surface area (Å²) in [6, 6.07) is 13.7. The monoisotopic (exact) mass is 556 g/mol. The number of halogens is 5. The molecule has 10 heteroatoms. The Kier molecular flexibility index (Phi) is 8.46. The van der Waals surface area contributed by atoms with Crippen molar-refractivity contribution in [3.05, 3.63) is 69.2 Å². The van der Waals surface area contributed by atoms with Gasteiger partial charge in [0.15, 0.2) is 0 Å². The van der Waals surface area contributed by atoms with Gasteiger partial charge < -0.3 is 20.4 Å². The zero-order valence-corrected chi connectivity index (χ0v) is 22.6. The molecule has 0 radical (unpaired) electrons. The third-order valence-electron chi connectivity index (χ3n) is 8.00. The summed E-state index contributed by atoms with van der Waals surface area (Å²) >= 11 is 12.4. The van der Waals surface area contributed by atoms with Crippen molar-refractivity contribution in [2.75, 3.05) is 46.8 Å². The van der Waals surface area contributed by atoms with E-state index in [0.717, 1.165) is 43.8 Å². The second-order valence-electron chi connectivity index (χ2n) is 10.1. The van der Waals surface area contributed by atoms with Crippen LogP contribution in [0, 0.1) is 0 Å². The molecular formula is C27H33Cl2F3N4O. The Bertz CT molecular complexity index is 1120. The summed E-state index contributed by atoms with van der Waals surface area (Å²) in [7, 11) is 2.87. The van der Waals surface area contributed by atoms with Crippen molar-refractivity contribution in [3.63, 3.8) is 0 Å². The zero-order valence-electron chi connectivity index (χ0n) is 21.1. The molecule has 1 fully saturated rings. The number of nitrogens with one attached hydrogen (secondary N) is 2. The lowest BCUT2D eigenvalue weighted by Crippen LogP contribution is -2.56. The van der Waals surface area contributed by atoms with E-state index < -0.39 is 17.6 Å². The molecule has 2 aliphatic rings. The van der Waals surface area contributed by atoms with Crippen LogP contribution in [-0.2, 0) is 22.3 Å². The van der Waals surface area contributed by atoms with Crippen LogP contribution in [0.25, 0.3) is 0 Å². The van der Waals surface area contributed by atoms with Crippen LogP contribution in [0.3, 0.4) is 0 Å². The summed E-state index contributed by atoms with van der Waals surface area (Å²) in [5, 5.41) is 7.66. The maximum Gasteiger partial charge on any atom is 0.471 e. The number of carbonyl (C=O) groups is 1. The van der Waals surface area contributed by atoms with E-state index in [1.165, 1.54) is 18.2 Å². The van der Waals surface area contributed by atoms with Gasteiger partial charge in [-0.25, -0.2) is 0 Å². The summed E-state index contributed by atoms with van der Waals surface area (Å²) < 4.78 is 39.6. The van der Waals surface area contributed by atoms with Gasteiger partial charge in [0.25, 0.3) is 0 Å². The molecule has 2 aliphatic heterocycles. The number of fused-ring (bicyclic) bond motifs is 2. The second-order valence-corrected chi connectivity index (χ2v) is 10.9. The van der Waals surface area contributed by atoms with E-state index in [9.17, 15) is 18.0 Å². The van der Waals surface area contributed by atoms with Crippen LogP contribution in [0.5, 0.6) is 0 Å². The first-order valence-electron chi connectivity index (χ1n) is 12.5. The highest BCUT2D eigenvalue weighted by Crippen LogP contribution is 2.38. The van der Waals surface area contributed by atoms with E-state index >= 15 is 0 Å². The highest BCUT2D eigenvalue weighted by atomic mass is 35.5. The second kappa shape index (κ2) is 11.1. The van der Waals surface area contributed by atoms with E-state index in [2.05, 4.69) is 39.8 Å². The molecule has 2 aromatic carbocycles. The van der Waals surface area contributed by atoms with Crippen molar-refractivity contribution in [2.45, 2.75) is 42.9 Å². The Morgan fingerprint density at radius 1 is 1.14 bits per heavy atom. The van der Waals surface area contributed by atoms with Gasteiger partial charge >= 0.3 is 12.1 Å². The largest absolute Gasteiger partial charge is 0.471 e. The van der Waals surface area contributed by atoms with Crippen LogP contribution < -0.4 is 10.6 Å². The highest BCUT2D eigenvalue weighted by molar-refractivity contribution is 6.42. The number of hydrogen-bond donors (Lipinski definition) is 2. The molecule has 202 valence electrons. The number of likely N-dealkylation sites (tertiary alicyclic amines) is 1. The van der Waals surface area contributed by atoms with Crippen molar-refractivity contribution in [1.29, 1.82) is 0 Å². The van der Waals surface area contributed by atoms with E-state index in [1.54, 1.807) is 25.2 Å². The lowest BCUT2D eigenvalue weighted by atomic mass is 9.75. The summed E-state index contributed by atoms with van der Waals surface area (Å²) in [6.45, 7) is 3.15. The van der Waals surface area contributed by atoms with Gasteiger partial charge in [-0.05, 0) is 61.6 Å². The van der Waals surface area contributed by atoms with Crippen LogP contribution in [0.1, 0.15) is 36.0 Å². The highest BCUT2D eigenvalue weighted by Gasteiger charge is 2.45. The van der Waals surface area contributed by atoms with Gasteiger partial charge in [-0.3, -0.25) is 4.79 Å². The Morgan fingerprint density at radius 2 is 1.84 bits per heavy atom. The number of likely N-dealkylation sites (N-methyl/N-ethyl adjacent to an activating group) is 2. The minimum Gasteiger partial charge on any atom is -0.336 e. The van der Waals surface area contributed by atoms with Crippen molar-refractivity contribution in [1.82, 2.24) is 20.4 Å². The smallest absolute Gasteiger partial charge is 0.336 e. The Balaban J connectivity index is 1.51. The summed E-state index contributed by atoms with van der Waals surface area (Å²) in [6.07, 6.45) is -1.53. The molecule has 5 nitrogen and oxygen atoms in total. The molecule has 0 saturated carbocycles. The standard InChI is InChI=1S/C27H33Cl2F3N4O/c1-33-26(18-35(2)24(37)27(30,31)32,20-7-8-22(28)23(29)17-20)12-16-36-14-10-25(11-15-36)21-6-4-3-5-19(21)9-13-34-25/h3-8,17,33-34H,9-16,18H2,1-2H3. The summed E-state index contributed by atoms with van der Waals surface area (Å²) in [5.74, 6) is -1.88. The van der Waals surface area contributed by atoms with E-state index in [1.807, 2.05) is 0 Å². The van der Waals surface area contributed by atoms with Crippen LogP contribution in [0.2, 0.25) is 10.0 Å². The van der Waals surface area contributed by atoms with Crippen LogP contribution in [0.15, 0.2) is 42.5 Å². The normalized spacial score (nSPS) is 19.3. The van der Waals surface area contributed by atoms with Gasteiger partial charge in [0, 0.05) is 45.3 Å². The average molecular weight is 557 g/mol. The number of amides is 1. The number of benzene rings is 2. The maximum absolute atomic E-state index is 13.2. The average Bonchev–Trinajstić information content (AvgIpc) is 2.88. The Labute approximate surface area is 226 Å². The van der Waals surface area contributed by atoms with Gasteiger partial charge in [-0.2, -0.15) is 13.2 Å². The number of rotatable bonds is 7. The molecule has 0 bridgehead atoms. The first-order chi connectivity index (χ1) is 17.5. The van der Waals surface area contributed by atoms with E-state index in [-0.39, 0.29) is 12.1 Å². The van der Waals surface area contributed by atoms with Gasteiger partial charge in [0.1, 0.15) is 0 Å². The van der Waals surface area contributed by atoms with Gasteiger partial charge in [-0.15, -0.1) is 0 Å². The minimum absolute atomic E-state index is 0.0332. The topological polar surface area (TPSA) is 47.6 Å². The predicted molar refractivity (Wildman–Crippen MR) is 141 cm³/mol. The SMILES string of the molecule is CNC(CCN1CCC2(CC1)NCCc1ccccc12)(CN(C)C(=O)C(F)(F)F)c1ccc(Cl)c(Cl)c1. The molecular weight excluding hydrogens is 524 g/mol. The van der Waals surface area contributed by atoms with Crippen molar-refractivity contribution in [2.24, 2.45) is 0 Å². The molecule has 0 aliphatic carbocycles. The minimum atomic E-state index is -4.95. The lowest BCUT2D eigenvalue weighted by molar-refractivity contribution is -0.185. The van der Waals surface area contributed by atoms with Crippen molar-refractivity contribution < 1.29 is 18.0 Å². The molecule has 1 spiro atoms. The number of carbonyl (C=O) groups excluding carboxylic acids is 1. The molecule has 4 rings (SSSR count). The third kappa shape index (κ3) is 5.93. The van der Waals surface area contributed by atoms with E-state index in [0.29, 0.717) is 28.6 Å². The quantitative estimate of drug-likeness (QED) is 0.506. The van der Waals surface area contributed by atoms with Gasteiger partial charge in [0.05, 0.1) is 15.6 Å². The number of hydrogen-bond acceptors (Lipinski definition) is 4. The third-order valence-corrected chi connectivity index (χ3v) is 8.74. The summed E-state index contributed by atoms with van der Waals surface area (Å²) in [4.78, 5) is 15.1. The fourth-order valence-electron chi connectivity index (χ4n) is 5.84. The van der Waals surface area contributed by atoms with Gasteiger partial charge in [-0.1, -0.05) is 53.5 Å². The van der Waals surface area contributed by atoms with Crippen molar-refractivity contribution in [3.8, 4) is 0 Å². The lowest BCUT2D eigenvalue weighted by Gasteiger charge is -2.47. The van der Waals surface area contributed by atoms with E-state index in [4.69, 9.17) is 23.2 Å². The molecule has 1 atom stereocenters.